The standard InChI is InChI=1S/C12H13BrN2O2S2/c13-11-5-6-12(18-11)19(16,17)15-8-10-4-2-1-3-9(10)7-14/h1-6,15H,7-8,14H2. The Morgan fingerprint density at radius 1 is 1.16 bits per heavy atom. The highest BCUT2D eigenvalue weighted by molar-refractivity contribution is 9.11. The molecule has 2 aromatic rings. The lowest BCUT2D eigenvalue weighted by Gasteiger charge is -2.08. The summed E-state index contributed by atoms with van der Waals surface area (Å²) in [6.45, 7) is 0.633. The highest BCUT2D eigenvalue weighted by atomic mass is 79.9. The quantitative estimate of drug-likeness (QED) is 0.859. The molecule has 7 heteroatoms. The lowest BCUT2D eigenvalue weighted by Crippen LogP contribution is -2.23. The van der Waals surface area contributed by atoms with Gasteiger partial charge in [0.2, 0.25) is 10.0 Å². The summed E-state index contributed by atoms with van der Waals surface area (Å²) < 4.78 is 27.8. The molecular weight excluding hydrogens is 348 g/mol. The molecule has 0 fully saturated rings. The van der Waals surface area contributed by atoms with E-state index in [-0.39, 0.29) is 6.54 Å². The Bertz CT molecular complexity index is 668. The molecule has 4 nitrogen and oxygen atoms in total. The van der Waals surface area contributed by atoms with Crippen LogP contribution in [0.3, 0.4) is 0 Å². The minimum atomic E-state index is -3.46. The molecule has 0 bridgehead atoms. The Balaban J connectivity index is 2.14. The number of hydrogen-bond donors (Lipinski definition) is 2. The van der Waals surface area contributed by atoms with Crippen LogP contribution in [0.2, 0.25) is 0 Å². The van der Waals surface area contributed by atoms with Gasteiger partial charge in [0, 0.05) is 13.1 Å². The van der Waals surface area contributed by atoms with Crippen molar-refractivity contribution in [2.24, 2.45) is 5.73 Å². The number of benzene rings is 1. The third-order valence-corrected chi connectivity index (χ3v) is 6.12. The predicted octanol–water partition coefficient (Wildman–Crippen LogP) is 2.45. The molecule has 2 rings (SSSR count). The first-order valence-electron chi connectivity index (χ1n) is 5.55. The highest BCUT2D eigenvalue weighted by Crippen LogP contribution is 2.26. The molecule has 3 N–H and O–H groups in total. The van der Waals surface area contributed by atoms with E-state index in [0.717, 1.165) is 14.9 Å². The minimum Gasteiger partial charge on any atom is -0.326 e. The highest BCUT2D eigenvalue weighted by Gasteiger charge is 2.16. The predicted molar refractivity (Wildman–Crippen MR) is 80.4 cm³/mol. The van der Waals surface area contributed by atoms with Gasteiger partial charge >= 0.3 is 0 Å². The number of halogens is 1. The second-order valence-corrected chi connectivity index (χ2v) is 8.31. The molecule has 0 saturated heterocycles. The third kappa shape index (κ3) is 3.64. The zero-order valence-electron chi connectivity index (χ0n) is 9.97. The zero-order valence-corrected chi connectivity index (χ0v) is 13.2. The topological polar surface area (TPSA) is 72.2 Å². The number of thiophene rings is 1. The smallest absolute Gasteiger partial charge is 0.250 e. The molecule has 0 spiro atoms. The van der Waals surface area contributed by atoms with Gasteiger partial charge in [-0.05, 0) is 39.2 Å². The maximum Gasteiger partial charge on any atom is 0.250 e. The fourth-order valence-corrected chi connectivity index (χ4v) is 4.68. The number of nitrogens with one attached hydrogen (secondary N) is 1. The van der Waals surface area contributed by atoms with Crippen molar-refractivity contribution < 1.29 is 8.42 Å². The molecule has 1 heterocycles. The van der Waals surface area contributed by atoms with Gasteiger partial charge in [0.05, 0.1) is 3.79 Å². The van der Waals surface area contributed by atoms with Crippen molar-refractivity contribution in [1.82, 2.24) is 4.72 Å². The normalized spacial score (nSPS) is 11.7. The van der Waals surface area contributed by atoms with E-state index in [0.29, 0.717) is 10.8 Å². The monoisotopic (exact) mass is 360 g/mol. The largest absolute Gasteiger partial charge is 0.326 e. The number of nitrogens with two attached hydrogens (primary N) is 1. The van der Waals surface area contributed by atoms with Crippen LogP contribution in [-0.2, 0) is 23.1 Å². The first kappa shape index (κ1) is 14.7. The van der Waals surface area contributed by atoms with Crippen molar-refractivity contribution in [3.8, 4) is 0 Å². The number of sulfonamides is 1. The molecular formula is C12H13BrN2O2S2. The van der Waals surface area contributed by atoms with Crippen molar-refractivity contribution in [2.75, 3.05) is 0 Å². The SMILES string of the molecule is NCc1ccccc1CNS(=O)(=O)c1ccc(Br)s1. The molecule has 102 valence electrons. The second kappa shape index (κ2) is 6.15. The maximum absolute atomic E-state index is 12.1. The third-order valence-electron chi connectivity index (χ3n) is 2.60. The zero-order chi connectivity index (χ0) is 13.9. The second-order valence-electron chi connectivity index (χ2n) is 3.86. The average Bonchev–Trinajstić information content (AvgIpc) is 2.84. The first-order chi connectivity index (χ1) is 9.03. The van der Waals surface area contributed by atoms with Crippen molar-refractivity contribution in [3.63, 3.8) is 0 Å². The van der Waals surface area contributed by atoms with Gasteiger partial charge in [-0.1, -0.05) is 24.3 Å². The molecule has 0 aliphatic rings. The molecule has 19 heavy (non-hydrogen) atoms. The van der Waals surface area contributed by atoms with Crippen LogP contribution in [0.15, 0.2) is 44.4 Å². The van der Waals surface area contributed by atoms with Crippen LogP contribution in [0.4, 0.5) is 0 Å². The molecule has 0 unspecified atom stereocenters. The Labute approximate surface area is 124 Å². The van der Waals surface area contributed by atoms with Crippen LogP contribution in [0, 0.1) is 0 Å². The summed E-state index contributed by atoms with van der Waals surface area (Å²) in [6, 6.07) is 10.8. The van der Waals surface area contributed by atoms with Crippen LogP contribution >= 0.6 is 27.3 Å². The van der Waals surface area contributed by atoms with Gasteiger partial charge in [-0.25, -0.2) is 13.1 Å². The maximum atomic E-state index is 12.1. The average molecular weight is 361 g/mol. The van der Waals surface area contributed by atoms with Crippen molar-refractivity contribution in [2.45, 2.75) is 17.3 Å². The molecule has 0 aliphatic carbocycles. The Morgan fingerprint density at radius 2 is 1.84 bits per heavy atom. The van der Waals surface area contributed by atoms with Gasteiger partial charge in [0.25, 0.3) is 0 Å². The molecule has 0 atom stereocenters. The van der Waals surface area contributed by atoms with Gasteiger partial charge in [-0.2, -0.15) is 0 Å². The van der Waals surface area contributed by atoms with Gasteiger partial charge in [-0.15, -0.1) is 11.3 Å². The van der Waals surface area contributed by atoms with Crippen LogP contribution < -0.4 is 10.5 Å². The van der Waals surface area contributed by atoms with E-state index in [9.17, 15) is 8.42 Å². The molecule has 0 aliphatic heterocycles. The summed E-state index contributed by atoms with van der Waals surface area (Å²) in [4.78, 5) is 0. The van der Waals surface area contributed by atoms with E-state index in [4.69, 9.17) is 5.73 Å². The molecule has 0 radical (unpaired) electrons. The lowest BCUT2D eigenvalue weighted by molar-refractivity contribution is 0.583. The van der Waals surface area contributed by atoms with Gasteiger partial charge in [0.1, 0.15) is 4.21 Å². The minimum absolute atomic E-state index is 0.241. The van der Waals surface area contributed by atoms with Crippen LogP contribution in [-0.4, -0.2) is 8.42 Å². The first-order valence-corrected chi connectivity index (χ1v) is 8.64. The van der Waals surface area contributed by atoms with Gasteiger partial charge < -0.3 is 5.73 Å². The van der Waals surface area contributed by atoms with Gasteiger partial charge in [0.15, 0.2) is 0 Å². The Morgan fingerprint density at radius 3 is 2.42 bits per heavy atom. The van der Waals surface area contributed by atoms with E-state index < -0.39 is 10.0 Å². The van der Waals surface area contributed by atoms with E-state index in [2.05, 4.69) is 20.7 Å². The van der Waals surface area contributed by atoms with E-state index in [1.54, 1.807) is 12.1 Å². The summed E-state index contributed by atoms with van der Waals surface area (Å²) in [5.41, 5.74) is 7.46. The summed E-state index contributed by atoms with van der Waals surface area (Å²) in [6.07, 6.45) is 0. The van der Waals surface area contributed by atoms with Crippen molar-refractivity contribution in [3.05, 3.63) is 51.3 Å². The van der Waals surface area contributed by atoms with Crippen molar-refractivity contribution in [1.29, 1.82) is 0 Å². The van der Waals surface area contributed by atoms with E-state index >= 15 is 0 Å². The number of rotatable bonds is 5. The lowest BCUT2D eigenvalue weighted by atomic mass is 10.1. The van der Waals surface area contributed by atoms with Crippen LogP contribution in [0.25, 0.3) is 0 Å². The van der Waals surface area contributed by atoms with Crippen molar-refractivity contribution >= 4 is 37.3 Å². The summed E-state index contributed by atoms with van der Waals surface area (Å²) in [5.74, 6) is 0. The molecule has 1 aromatic carbocycles. The molecule has 0 saturated carbocycles. The summed E-state index contributed by atoms with van der Waals surface area (Å²) in [7, 11) is -3.46. The molecule has 0 amide bonds. The van der Waals surface area contributed by atoms with Crippen LogP contribution in [0.5, 0.6) is 0 Å². The van der Waals surface area contributed by atoms with E-state index in [1.165, 1.54) is 11.3 Å². The fraction of sp³-hybridized carbons (Fsp3) is 0.167. The molecule has 1 aromatic heterocycles. The summed E-state index contributed by atoms with van der Waals surface area (Å²) >= 11 is 4.43. The Hall–Kier alpha value is -0.730. The van der Waals surface area contributed by atoms with Gasteiger partial charge in [-0.3, -0.25) is 0 Å². The fourth-order valence-electron chi connectivity index (χ4n) is 1.62. The summed E-state index contributed by atoms with van der Waals surface area (Å²) in [5, 5.41) is 0. The van der Waals surface area contributed by atoms with Crippen LogP contribution in [0.1, 0.15) is 11.1 Å². The van der Waals surface area contributed by atoms with E-state index in [1.807, 2.05) is 24.3 Å². The number of hydrogen-bond acceptors (Lipinski definition) is 4. The Kier molecular flexibility index (Phi) is 4.75.